The first-order chi connectivity index (χ1) is 11.8. The van der Waals surface area contributed by atoms with Gasteiger partial charge in [0.15, 0.2) is 0 Å². The van der Waals surface area contributed by atoms with Crippen molar-refractivity contribution < 1.29 is 9.47 Å². The summed E-state index contributed by atoms with van der Waals surface area (Å²) in [5, 5.41) is 2.48. The summed E-state index contributed by atoms with van der Waals surface area (Å²) in [5.41, 5.74) is 1.29. The minimum Gasteiger partial charge on any atom is -0.494 e. The van der Waals surface area contributed by atoms with E-state index in [0.29, 0.717) is 0 Å². The number of halogens is 1. The van der Waals surface area contributed by atoms with Crippen LogP contribution in [0.5, 0.6) is 11.5 Å². The summed E-state index contributed by atoms with van der Waals surface area (Å²) in [4.78, 5) is 0. The number of benzene rings is 2. The van der Waals surface area contributed by atoms with Crippen LogP contribution < -0.4 is 9.47 Å². The third-order valence-electron chi connectivity index (χ3n) is 4.17. The molecule has 2 rings (SSSR count). The van der Waals surface area contributed by atoms with Crippen LogP contribution in [0.3, 0.4) is 0 Å². The second-order valence-corrected chi connectivity index (χ2v) is 6.46. The molecule has 2 nitrogen and oxygen atoms in total. The molecule has 0 fully saturated rings. The van der Waals surface area contributed by atoms with Crippen LogP contribution in [0.2, 0.25) is 0 Å². The average Bonchev–Trinajstić information content (AvgIpc) is 2.62. The minimum atomic E-state index is 0.759. The topological polar surface area (TPSA) is 18.5 Å². The van der Waals surface area contributed by atoms with Crippen molar-refractivity contribution in [2.45, 2.75) is 52.4 Å². The Bertz CT molecular complexity index is 625. The molecule has 0 atom stereocenters. The van der Waals surface area contributed by atoms with Crippen molar-refractivity contribution in [1.29, 1.82) is 0 Å². The molecule has 132 valence electrons. The molecular weight excluding hydrogens is 320 g/mol. The van der Waals surface area contributed by atoms with Crippen molar-refractivity contribution in [2.75, 3.05) is 19.1 Å². The van der Waals surface area contributed by atoms with Gasteiger partial charge in [-0.1, -0.05) is 38.8 Å². The molecule has 2 aromatic rings. The Kier molecular flexibility index (Phi) is 8.24. The van der Waals surface area contributed by atoms with Crippen LogP contribution >= 0.6 is 11.6 Å². The molecule has 2 aromatic carbocycles. The van der Waals surface area contributed by atoms with Gasteiger partial charge in [-0.05, 0) is 54.7 Å². The van der Waals surface area contributed by atoms with E-state index in [1.807, 2.05) is 0 Å². The van der Waals surface area contributed by atoms with Gasteiger partial charge in [-0.15, -0.1) is 11.6 Å². The molecular formula is C21H29ClO2. The van der Waals surface area contributed by atoms with E-state index in [1.165, 1.54) is 29.2 Å². The zero-order chi connectivity index (χ0) is 17.2. The first-order valence-electron chi connectivity index (χ1n) is 9.17. The number of aryl methyl sites for hydroxylation is 1. The standard InChI is InChI=1S/C21H29ClO2/c1-3-14-23-18-10-11-20-17(16-18)9-12-21(19(20)4-2)24-15-8-6-5-7-13-22/h9-12,16H,3-8,13-15H2,1-2H3. The quantitative estimate of drug-likeness (QED) is 0.347. The molecule has 0 saturated carbocycles. The SMILES string of the molecule is CCCOc1ccc2c(CC)c(OCCCCCCCl)ccc2c1. The number of fused-ring (bicyclic) bond motifs is 1. The van der Waals surface area contributed by atoms with E-state index in [0.717, 1.165) is 56.3 Å². The van der Waals surface area contributed by atoms with Gasteiger partial charge < -0.3 is 9.47 Å². The monoisotopic (exact) mass is 348 g/mol. The zero-order valence-electron chi connectivity index (χ0n) is 14.9. The molecule has 0 aliphatic rings. The minimum absolute atomic E-state index is 0.759. The number of rotatable bonds is 11. The van der Waals surface area contributed by atoms with E-state index >= 15 is 0 Å². The van der Waals surface area contributed by atoms with Gasteiger partial charge >= 0.3 is 0 Å². The summed E-state index contributed by atoms with van der Waals surface area (Å²) in [6, 6.07) is 10.6. The number of alkyl halides is 1. The van der Waals surface area contributed by atoms with Crippen LogP contribution in [-0.4, -0.2) is 19.1 Å². The first kappa shape index (κ1) is 18.9. The second kappa shape index (κ2) is 10.5. The van der Waals surface area contributed by atoms with Gasteiger partial charge in [-0.25, -0.2) is 0 Å². The van der Waals surface area contributed by atoms with Crippen molar-refractivity contribution in [3.8, 4) is 11.5 Å². The van der Waals surface area contributed by atoms with Crippen LogP contribution in [0, 0.1) is 0 Å². The maximum absolute atomic E-state index is 6.05. The highest BCUT2D eigenvalue weighted by Gasteiger charge is 2.08. The van der Waals surface area contributed by atoms with Gasteiger partial charge in [0.1, 0.15) is 11.5 Å². The van der Waals surface area contributed by atoms with Crippen molar-refractivity contribution in [3.63, 3.8) is 0 Å². The Morgan fingerprint density at radius 2 is 1.71 bits per heavy atom. The smallest absolute Gasteiger partial charge is 0.123 e. The summed E-state index contributed by atoms with van der Waals surface area (Å²) in [7, 11) is 0. The van der Waals surface area contributed by atoms with Crippen molar-refractivity contribution in [2.24, 2.45) is 0 Å². The van der Waals surface area contributed by atoms with Gasteiger partial charge in [-0.3, -0.25) is 0 Å². The van der Waals surface area contributed by atoms with Crippen LogP contribution in [0.1, 0.15) is 51.5 Å². The highest BCUT2D eigenvalue weighted by Crippen LogP contribution is 2.31. The number of hydrogen-bond donors (Lipinski definition) is 0. The Hall–Kier alpha value is -1.41. The van der Waals surface area contributed by atoms with Gasteiger partial charge in [0.05, 0.1) is 13.2 Å². The third kappa shape index (κ3) is 5.31. The maximum atomic E-state index is 6.05. The molecule has 3 heteroatoms. The fourth-order valence-electron chi connectivity index (χ4n) is 2.89. The second-order valence-electron chi connectivity index (χ2n) is 6.08. The van der Waals surface area contributed by atoms with Crippen LogP contribution in [-0.2, 0) is 6.42 Å². The summed E-state index contributed by atoms with van der Waals surface area (Å²) in [5.74, 6) is 2.72. The predicted molar refractivity (Wildman–Crippen MR) is 104 cm³/mol. The van der Waals surface area contributed by atoms with E-state index in [2.05, 4.69) is 44.2 Å². The van der Waals surface area contributed by atoms with Gasteiger partial charge in [0.2, 0.25) is 0 Å². The van der Waals surface area contributed by atoms with Crippen LogP contribution in [0.25, 0.3) is 10.8 Å². The van der Waals surface area contributed by atoms with E-state index in [-0.39, 0.29) is 0 Å². The third-order valence-corrected chi connectivity index (χ3v) is 4.44. The van der Waals surface area contributed by atoms with E-state index in [1.54, 1.807) is 0 Å². The lowest BCUT2D eigenvalue weighted by molar-refractivity contribution is 0.303. The van der Waals surface area contributed by atoms with Crippen LogP contribution in [0.15, 0.2) is 30.3 Å². The Balaban J connectivity index is 2.05. The molecule has 0 aliphatic heterocycles. The van der Waals surface area contributed by atoms with Gasteiger partial charge in [0, 0.05) is 11.4 Å². The lowest BCUT2D eigenvalue weighted by atomic mass is 10.0. The molecule has 0 heterocycles. The number of unbranched alkanes of at least 4 members (excludes halogenated alkanes) is 3. The molecule has 0 N–H and O–H groups in total. The summed E-state index contributed by atoms with van der Waals surface area (Å²) in [6.07, 6.45) is 6.54. The van der Waals surface area contributed by atoms with Crippen molar-refractivity contribution in [3.05, 3.63) is 35.9 Å². The van der Waals surface area contributed by atoms with E-state index in [9.17, 15) is 0 Å². The molecule has 0 radical (unpaired) electrons. The fraction of sp³-hybridized carbons (Fsp3) is 0.524. The average molecular weight is 349 g/mol. The predicted octanol–water partition coefficient (Wildman–Crippen LogP) is 6.37. The van der Waals surface area contributed by atoms with Crippen molar-refractivity contribution >= 4 is 22.4 Å². The number of hydrogen-bond acceptors (Lipinski definition) is 2. The van der Waals surface area contributed by atoms with Crippen LogP contribution in [0.4, 0.5) is 0 Å². The molecule has 0 amide bonds. The first-order valence-corrected chi connectivity index (χ1v) is 9.70. The summed E-state index contributed by atoms with van der Waals surface area (Å²) in [6.45, 7) is 5.84. The fourth-order valence-corrected chi connectivity index (χ4v) is 3.08. The van der Waals surface area contributed by atoms with E-state index in [4.69, 9.17) is 21.1 Å². The molecule has 0 aromatic heterocycles. The molecule has 0 aliphatic carbocycles. The molecule has 0 unspecified atom stereocenters. The summed E-state index contributed by atoms with van der Waals surface area (Å²) < 4.78 is 11.8. The highest BCUT2D eigenvalue weighted by molar-refractivity contribution is 6.17. The zero-order valence-corrected chi connectivity index (χ0v) is 15.7. The van der Waals surface area contributed by atoms with Gasteiger partial charge in [0.25, 0.3) is 0 Å². The molecule has 0 saturated heterocycles. The number of ether oxygens (including phenoxy) is 2. The highest BCUT2D eigenvalue weighted by atomic mass is 35.5. The Labute approximate surface area is 151 Å². The Morgan fingerprint density at radius 3 is 2.46 bits per heavy atom. The van der Waals surface area contributed by atoms with E-state index < -0.39 is 0 Å². The molecule has 24 heavy (non-hydrogen) atoms. The van der Waals surface area contributed by atoms with Gasteiger partial charge in [-0.2, -0.15) is 0 Å². The van der Waals surface area contributed by atoms with Crippen molar-refractivity contribution in [1.82, 2.24) is 0 Å². The maximum Gasteiger partial charge on any atom is 0.123 e. The largest absolute Gasteiger partial charge is 0.494 e. The lowest BCUT2D eigenvalue weighted by Crippen LogP contribution is -2.01. The Morgan fingerprint density at radius 1 is 0.875 bits per heavy atom. The molecule has 0 bridgehead atoms. The normalized spacial score (nSPS) is 11.0. The lowest BCUT2D eigenvalue weighted by Gasteiger charge is -2.14. The molecule has 0 spiro atoms. The summed E-state index contributed by atoms with van der Waals surface area (Å²) >= 11 is 5.70.